The molecule has 1 aromatic rings. The first kappa shape index (κ1) is 9.71. The fourth-order valence-electron chi connectivity index (χ4n) is 2.17. The van der Waals surface area contributed by atoms with E-state index in [1.165, 1.54) is 25.7 Å². The molecule has 3 heteroatoms. The molecule has 0 saturated heterocycles. The number of rotatable bonds is 3. The maximum Gasteiger partial charge on any atom is 0.0537 e. The molecule has 1 heterocycles. The van der Waals surface area contributed by atoms with E-state index in [-0.39, 0.29) is 6.04 Å². The van der Waals surface area contributed by atoms with Gasteiger partial charge < -0.3 is 5.73 Å². The Morgan fingerprint density at radius 2 is 2.29 bits per heavy atom. The molecule has 0 aliphatic heterocycles. The largest absolute Gasteiger partial charge is 0.324 e. The van der Waals surface area contributed by atoms with Crippen LogP contribution in [0.25, 0.3) is 0 Å². The molecule has 0 spiro atoms. The van der Waals surface area contributed by atoms with Gasteiger partial charge in [-0.25, -0.2) is 0 Å². The van der Waals surface area contributed by atoms with E-state index in [4.69, 9.17) is 5.73 Å². The Morgan fingerprint density at radius 1 is 1.57 bits per heavy atom. The zero-order chi connectivity index (χ0) is 9.97. The molecule has 2 N–H and O–H groups in total. The lowest BCUT2D eigenvalue weighted by Crippen LogP contribution is -2.08. The lowest BCUT2D eigenvalue weighted by molar-refractivity contribution is 0.428. The summed E-state index contributed by atoms with van der Waals surface area (Å²) in [6, 6.07) is 0.104. The second-order valence-electron chi connectivity index (χ2n) is 4.43. The first-order chi connectivity index (χ1) is 6.75. The molecule has 3 nitrogen and oxygen atoms in total. The highest BCUT2D eigenvalue weighted by Crippen LogP contribution is 2.26. The summed E-state index contributed by atoms with van der Waals surface area (Å²) >= 11 is 0. The van der Waals surface area contributed by atoms with E-state index in [2.05, 4.69) is 16.0 Å². The van der Waals surface area contributed by atoms with Gasteiger partial charge in [0.25, 0.3) is 0 Å². The van der Waals surface area contributed by atoms with Gasteiger partial charge >= 0.3 is 0 Å². The predicted molar refractivity (Wildman–Crippen MR) is 56.8 cm³/mol. The molecule has 0 radical (unpaired) electrons. The average Bonchev–Trinajstić information content (AvgIpc) is 2.75. The maximum absolute atomic E-state index is 5.78. The molecule has 2 rings (SSSR count). The van der Waals surface area contributed by atoms with Crippen molar-refractivity contribution in [2.24, 2.45) is 11.7 Å². The van der Waals surface area contributed by atoms with Crippen molar-refractivity contribution in [2.75, 3.05) is 0 Å². The minimum atomic E-state index is 0.104. The first-order valence-electron chi connectivity index (χ1n) is 5.53. The van der Waals surface area contributed by atoms with E-state index < -0.39 is 0 Å². The van der Waals surface area contributed by atoms with Crippen LogP contribution in [-0.4, -0.2) is 9.78 Å². The second kappa shape index (κ2) is 4.13. The Labute approximate surface area is 85.3 Å². The fourth-order valence-corrected chi connectivity index (χ4v) is 2.17. The number of hydrogen-bond donors (Lipinski definition) is 1. The van der Waals surface area contributed by atoms with Crippen LogP contribution < -0.4 is 5.73 Å². The van der Waals surface area contributed by atoms with Crippen molar-refractivity contribution in [3.8, 4) is 0 Å². The first-order valence-corrected chi connectivity index (χ1v) is 5.53. The standard InChI is InChI=1S/C11H19N3/c1-9(12)11-6-13-14(8-11)7-10-4-2-3-5-10/h6,8-10H,2-5,7,12H2,1H3/t9-/m1/s1. The fraction of sp³-hybridized carbons (Fsp3) is 0.727. The monoisotopic (exact) mass is 193 g/mol. The van der Waals surface area contributed by atoms with Gasteiger partial charge in [-0.1, -0.05) is 12.8 Å². The van der Waals surface area contributed by atoms with E-state index in [0.29, 0.717) is 0 Å². The molecule has 0 aromatic carbocycles. The molecule has 1 aliphatic rings. The molecule has 0 amide bonds. The number of aromatic nitrogens is 2. The van der Waals surface area contributed by atoms with E-state index >= 15 is 0 Å². The van der Waals surface area contributed by atoms with Gasteiger partial charge in [0.05, 0.1) is 6.20 Å². The highest BCUT2D eigenvalue weighted by Gasteiger charge is 2.15. The normalized spacial score (nSPS) is 20.1. The molecule has 78 valence electrons. The van der Waals surface area contributed by atoms with Crippen molar-refractivity contribution < 1.29 is 0 Å². The molecule has 1 atom stereocenters. The molecule has 0 bridgehead atoms. The Balaban J connectivity index is 1.95. The molecule has 1 aromatic heterocycles. The van der Waals surface area contributed by atoms with Gasteiger partial charge in [0.15, 0.2) is 0 Å². The topological polar surface area (TPSA) is 43.8 Å². The molecular weight excluding hydrogens is 174 g/mol. The van der Waals surface area contributed by atoms with Crippen LogP contribution in [0.15, 0.2) is 12.4 Å². The van der Waals surface area contributed by atoms with E-state index in [1.807, 2.05) is 13.1 Å². The van der Waals surface area contributed by atoms with Gasteiger partial charge in [0, 0.05) is 24.3 Å². The van der Waals surface area contributed by atoms with Gasteiger partial charge in [0.1, 0.15) is 0 Å². The van der Waals surface area contributed by atoms with Crippen LogP contribution in [0.4, 0.5) is 0 Å². The quantitative estimate of drug-likeness (QED) is 0.798. The highest BCUT2D eigenvalue weighted by molar-refractivity contribution is 5.08. The van der Waals surface area contributed by atoms with Crippen LogP contribution in [0.2, 0.25) is 0 Å². The minimum Gasteiger partial charge on any atom is -0.324 e. The summed E-state index contributed by atoms with van der Waals surface area (Å²) in [5.41, 5.74) is 6.92. The van der Waals surface area contributed by atoms with Crippen molar-refractivity contribution >= 4 is 0 Å². The summed E-state index contributed by atoms with van der Waals surface area (Å²) in [5.74, 6) is 0.843. The Morgan fingerprint density at radius 3 is 2.86 bits per heavy atom. The molecule has 1 saturated carbocycles. The summed E-state index contributed by atoms with van der Waals surface area (Å²) < 4.78 is 2.05. The van der Waals surface area contributed by atoms with Crippen molar-refractivity contribution in [3.63, 3.8) is 0 Å². The summed E-state index contributed by atoms with van der Waals surface area (Å²) in [4.78, 5) is 0. The van der Waals surface area contributed by atoms with Gasteiger partial charge in [-0.15, -0.1) is 0 Å². The second-order valence-corrected chi connectivity index (χ2v) is 4.43. The summed E-state index contributed by atoms with van der Waals surface area (Å²) in [6.45, 7) is 3.07. The summed E-state index contributed by atoms with van der Waals surface area (Å²) in [5, 5.41) is 4.34. The summed E-state index contributed by atoms with van der Waals surface area (Å²) in [6.07, 6.45) is 9.50. The number of hydrogen-bond acceptors (Lipinski definition) is 2. The lowest BCUT2D eigenvalue weighted by Gasteiger charge is -2.08. The maximum atomic E-state index is 5.78. The third kappa shape index (κ3) is 2.15. The average molecular weight is 193 g/mol. The van der Waals surface area contributed by atoms with Gasteiger partial charge in [-0.05, 0) is 25.7 Å². The van der Waals surface area contributed by atoms with Crippen LogP contribution in [0.5, 0.6) is 0 Å². The number of nitrogens with zero attached hydrogens (tertiary/aromatic N) is 2. The molecular formula is C11H19N3. The smallest absolute Gasteiger partial charge is 0.0537 e. The zero-order valence-corrected chi connectivity index (χ0v) is 8.82. The van der Waals surface area contributed by atoms with E-state index in [9.17, 15) is 0 Å². The highest BCUT2D eigenvalue weighted by atomic mass is 15.3. The van der Waals surface area contributed by atoms with Crippen molar-refractivity contribution in [1.29, 1.82) is 0 Å². The third-order valence-corrected chi connectivity index (χ3v) is 3.10. The molecule has 0 unspecified atom stereocenters. The zero-order valence-electron chi connectivity index (χ0n) is 8.82. The van der Waals surface area contributed by atoms with Gasteiger partial charge in [-0.3, -0.25) is 4.68 Å². The Bertz CT molecular complexity index is 284. The Hall–Kier alpha value is -0.830. The van der Waals surface area contributed by atoms with Crippen molar-refractivity contribution in [1.82, 2.24) is 9.78 Å². The minimum absolute atomic E-state index is 0.104. The summed E-state index contributed by atoms with van der Waals surface area (Å²) in [7, 11) is 0. The van der Waals surface area contributed by atoms with Crippen LogP contribution in [0, 0.1) is 5.92 Å². The van der Waals surface area contributed by atoms with E-state index in [1.54, 1.807) is 0 Å². The third-order valence-electron chi connectivity index (χ3n) is 3.10. The van der Waals surface area contributed by atoms with Crippen LogP contribution >= 0.6 is 0 Å². The van der Waals surface area contributed by atoms with Crippen LogP contribution in [-0.2, 0) is 6.54 Å². The van der Waals surface area contributed by atoms with Gasteiger partial charge in [-0.2, -0.15) is 5.10 Å². The van der Waals surface area contributed by atoms with Crippen molar-refractivity contribution in [2.45, 2.75) is 45.2 Å². The number of nitrogens with two attached hydrogens (primary N) is 1. The van der Waals surface area contributed by atoms with Crippen LogP contribution in [0.1, 0.15) is 44.2 Å². The molecule has 14 heavy (non-hydrogen) atoms. The van der Waals surface area contributed by atoms with Crippen LogP contribution in [0.3, 0.4) is 0 Å². The Kier molecular flexibility index (Phi) is 2.87. The predicted octanol–water partition coefficient (Wildman–Crippen LogP) is 2.09. The van der Waals surface area contributed by atoms with Gasteiger partial charge in [0.2, 0.25) is 0 Å². The van der Waals surface area contributed by atoms with E-state index in [0.717, 1.165) is 18.0 Å². The van der Waals surface area contributed by atoms with Crippen molar-refractivity contribution in [3.05, 3.63) is 18.0 Å². The lowest BCUT2D eigenvalue weighted by atomic mass is 10.1. The SMILES string of the molecule is C[C@@H](N)c1cnn(CC2CCCC2)c1. The molecule has 1 aliphatic carbocycles. The molecule has 1 fully saturated rings.